The van der Waals surface area contributed by atoms with Crippen LogP contribution >= 0.6 is 11.8 Å². The van der Waals surface area contributed by atoms with Crippen LogP contribution in [0.3, 0.4) is 0 Å². The van der Waals surface area contributed by atoms with Gasteiger partial charge in [-0.05, 0) is 36.7 Å². The van der Waals surface area contributed by atoms with Gasteiger partial charge in [-0.15, -0.1) is 11.8 Å². The van der Waals surface area contributed by atoms with E-state index >= 15 is 0 Å². The Labute approximate surface area is 157 Å². The third-order valence-corrected chi connectivity index (χ3v) is 6.34. The average Bonchev–Trinajstić information content (AvgIpc) is 3.04. The highest BCUT2D eigenvalue weighted by Gasteiger charge is 2.38. The molecule has 0 unspecified atom stereocenters. The van der Waals surface area contributed by atoms with Crippen molar-refractivity contribution in [2.75, 3.05) is 11.5 Å². The second kappa shape index (κ2) is 8.00. The summed E-state index contributed by atoms with van der Waals surface area (Å²) in [5.74, 6) is 1.73. The minimum atomic E-state index is -0.713. The highest BCUT2D eigenvalue weighted by molar-refractivity contribution is 8.00. The molecule has 5 atom stereocenters. The van der Waals surface area contributed by atoms with Crippen molar-refractivity contribution in [3.05, 3.63) is 22.7 Å². The minimum absolute atomic E-state index is 0.0598. The van der Waals surface area contributed by atoms with Crippen molar-refractivity contribution in [3.8, 4) is 0 Å². The summed E-state index contributed by atoms with van der Waals surface area (Å²) in [6, 6.07) is 1.54. The molecule has 26 heavy (non-hydrogen) atoms. The third kappa shape index (κ3) is 4.23. The van der Waals surface area contributed by atoms with E-state index in [-0.39, 0.29) is 17.9 Å². The standard InChI is InChI=1S/C18H27N3O4S/c1-10(2)12-5-4-11(3)8-13(12)24-16(22)17-25-15(9-26-17)21-7-6-14(19)20-18(21)23/h6-7,10-13,15,17H,4-5,8-9H2,1-3H3,(H2,19,20,23)/t11-,12-,13-,15+,17-/m1/s1. The number of nitrogen functional groups attached to an aromatic ring is 1. The van der Waals surface area contributed by atoms with Gasteiger partial charge in [0.2, 0.25) is 5.44 Å². The van der Waals surface area contributed by atoms with Crippen LogP contribution in [0.4, 0.5) is 5.82 Å². The van der Waals surface area contributed by atoms with Gasteiger partial charge in [0.1, 0.15) is 18.1 Å². The summed E-state index contributed by atoms with van der Waals surface area (Å²) < 4.78 is 13.0. The van der Waals surface area contributed by atoms with Gasteiger partial charge in [-0.25, -0.2) is 9.59 Å². The van der Waals surface area contributed by atoms with Crippen molar-refractivity contribution in [1.29, 1.82) is 0 Å². The van der Waals surface area contributed by atoms with Crippen molar-refractivity contribution < 1.29 is 14.3 Å². The molecule has 0 spiro atoms. The van der Waals surface area contributed by atoms with E-state index in [0.29, 0.717) is 23.5 Å². The van der Waals surface area contributed by atoms with Crippen LogP contribution in [0.1, 0.15) is 46.3 Å². The molecule has 2 fully saturated rings. The fourth-order valence-corrected chi connectivity index (χ4v) is 4.74. The molecule has 1 aliphatic carbocycles. The van der Waals surface area contributed by atoms with Crippen LogP contribution in [0, 0.1) is 17.8 Å². The molecule has 144 valence electrons. The number of thioether (sulfide) groups is 1. The van der Waals surface area contributed by atoms with Crippen molar-refractivity contribution in [3.63, 3.8) is 0 Å². The zero-order valence-electron chi connectivity index (χ0n) is 15.5. The van der Waals surface area contributed by atoms with E-state index < -0.39 is 17.4 Å². The Bertz CT molecular complexity index is 708. The Balaban J connectivity index is 1.63. The van der Waals surface area contributed by atoms with Crippen LogP contribution in [-0.2, 0) is 14.3 Å². The van der Waals surface area contributed by atoms with E-state index in [1.807, 2.05) is 0 Å². The van der Waals surface area contributed by atoms with Crippen molar-refractivity contribution in [2.45, 2.75) is 57.8 Å². The van der Waals surface area contributed by atoms with E-state index in [1.54, 1.807) is 6.20 Å². The van der Waals surface area contributed by atoms with Gasteiger partial charge < -0.3 is 15.2 Å². The van der Waals surface area contributed by atoms with E-state index in [4.69, 9.17) is 15.2 Å². The first kappa shape index (κ1) is 19.2. The molecule has 2 N–H and O–H groups in total. The second-order valence-electron chi connectivity index (χ2n) is 7.60. The molecule has 7 nitrogen and oxygen atoms in total. The fraction of sp³-hybridized carbons (Fsp3) is 0.722. The quantitative estimate of drug-likeness (QED) is 0.800. The van der Waals surface area contributed by atoms with Gasteiger partial charge >= 0.3 is 11.7 Å². The monoisotopic (exact) mass is 381 g/mol. The Morgan fingerprint density at radius 2 is 2.23 bits per heavy atom. The molecule has 1 saturated carbocycles. The van der Waals surface area contributed by atoms with Gasteiger partial charge in [-0.2, -0.15) is 4.98 Å². The largest absolute Gasteiger partial charge is 0.459 e. The molecule has 0 aromatic carbocycles. The molecule has 8 heteroatoms. The number of carbonyl (C=O) groups excluding carboxylic acids is 1. The summed E-state index contributed by atoms with van der Waals surface area (Å²) in [6.07, 6.45) is 4.11. The van der Waals surface area contributed by atoms with E-state index in [2.05, 4.69) is 25.8 Å². The molecule has 3 rings (SSSR count). The number of aromatic nitrogens is 2. The molecule has 1 aromatic rings. The Kier molecular flexibility index (Phi) is 5.92. The first-order chi connectivity index (χ1) is 12.3. The minimum Gasteiger partial charge on any atom is -0.459 e. The SMILES string of the molecule is CC(C)[C@H]1CC[C@@H](C)C[C@H]1OC(=O)[C@@H]1O[C@H](n2ccc(N)nc2=O)CS1. The summed E-state index contributed by atoms with van der Waals surface area (Å²) in [4.78, 5) is 28.3. The van der Waals surface area contributed by atoms with Crippen molar-refractivity contribution in [2.24, 2.45) is 17.8 Å². The highest BCUT2D eigenvalue weighted by Crippen LogP contribution is 2.37. The van der Waals surface area contributed by atoms with E-state index in [9.17, 15) is 9.59 Å². The van der Waals surface area contributed by atoms with Crippen LogP contribution in [0.5, 0.6) is 0 Å². The molecule has 2 heterocycles. The summed E-state index contributed by atoms with van der Waals surface area (Å²) in [5.41, 5.74) is 4.32. The zero-order chi connectivity index (χ0) is 18.8. The smallest absolute Gasteiger partial charge is 0.351 e. The maximum atomic E-state index is 12.6. The fourth-order valence-electron chi connectivity index (χ4n) is 3.76. The molecule has 1 saturated heterocycles. The molecular formula is C18H27N3O4S. The van der Waals surface area contributed by atoms with Crippen LogP contribution in [0.2, 0.25) is 0 Å². The Morgan fingerprint density at radius 3 is 2.92 bits per heavy atom. The molecule has 1 aromatic heterocycles. The number of ether oxygens (including phenoxy) is 2. The number of rotatable bonds is 4. The van der Waals surface area contributed by atoms with E-state index in [0.717, 1.165) is 12.8 Å². The van der Waals surface area contributed by atoms with Crippen LogP contribution in [0.15, 0.2) is 17.1 Å². The number of nitrogens with two attached hydrogens (primary N) is 1. The molecule has 0 amide bonds. The maximum absolute atomic E-state index is 12.6. The summed E-state index contributed by atoms with van der Waals surface area (Å²) in [7, 11) is 0. The van der Waals surface area contributed by atoms with Gasteiger partial charge in [-0.3, -0.25) is 4.57 Å². The molecule has 1 aliphatic heterocycles. The second-order valence-corrected chi connectivity index (χ2v) is 8.69. The lowest BCUT2D eigenvalue weighted by Crippen LogP contribution is -2.38. The normalized spacial score (nSPS) is 31.9. The number of carbonyl (C=O) groups is 1. The lowest BCUT2D eigenvalue weighted by Gasteiger charge is -2.37. The van der Waals surface area contributed by atoms with Crippen LogP contribution in [0.25, 0.3) is 0 Å². The zero-order valence-corrected chi connectivity index (χ0v) is 16.3. The third-order valence-electron chi connectivity index (χ3n) is 5.25. The number of hydrogen-bond donors (Lipinski definition) is 1. The van der Waals surface area contributed by atoms with Gasteiger partial charge in [0.25, 0.3) is 0 Å². The van der Waals surface area contributed by atoms with Crippen molar-refractivity contribution >= 4 is 23.5 Å². The summed E-state index contributed by atoms with van der Waals surface area (Å²) >= 11 is 1.35. The Morgan fingerprint density at radius 1 is 1.46 bits per heavy atom. The summed E-state index contributed by atoms with van der Waals surface area (Å²) in [5, 5.41) is 0. The van der Waals surface area contributed by atoms with Crippen molar-refractivity contribution in [1.82, 2.24) is 9.55 Å². The Hall–Kier alpha value is -1.54. The lowest BCUT2D eigenvalue weighted by atomic mass is 9.75. The van der Waals surface area contributed by atoms with Crippen LogP contribution < -0.4 is 11.4 Å². The summed E-state index contributed by atoms with van der Waals surface area (Å²) in [6.45, 7) is 6.56. The lowest BCUT2D eigenvalue weighted by molar-refractivity contribution is -0.166. The average molecular weight is 381 g/mol. The number of anilines is 1. The molecular weight excluding hydrogens is 354 g/mol. The highest BCUT2D eigenvalue weighted by atomic mass is 32.2. The number of esters is 1. The first-order valence-electron chi connectivity index (χ1n) is 9.17. The molecule has 0 radical (unpaired) electrons. The number of nitrogens with zero attached hydrogens (tertiary/aromatic N) is 2. The molecule has 2 aliphatic rings. The van der Waals surface area contributed by atoms with Gasteiger partial charge in [0.05, 0.1) is 0 Å². The van der Waals surface area contributed by atoms with Gasteiger partial charge in [0, 0.05) is 11.9 Å². The van der Waals surface area contributed by atoms with Gasteiger partial charge in [0.15, 0.2) is 0 Å². The number of hydrogen-bond acceptors (Lipinski definition) is 7. The topological polar surface area (TPSA) is 96.4 Å². The maximum Gasteiger partial charge on any atom is 0.351 e. The van der Waals surface area contributed by atoms with Gasteiger partial charge in [-0.1, -0.05) is 27.2 Å². The van der Waals surface area contributed by atoms with E-state index in [1.165, 1.54) is 28.8 Å². The predicted molar refractivity (Wildman–Crippen MR) is 101 cm³/mol. The predicted octanol–water partition coefficient (Wildman–Crippen LogP) is 2.42. The molecule has 0 bridgehead atoms. The first-order valence-corrected chi connectivity index (χ1v) is 10.2. The van der Waals surface area contributed by atoms with Crippen LogP contribution in [-0.4, -0.2) is 32.8 Å².